The van der Waals surface area contributed by atoms with E-state index in [1.54, 1.807) is 22.9 Å². The lowest BCUT2D eigenvalue weighted by Crippen LogP contribution is -2.36. The number of anilines is 2. The summed E-state index contributed by atoms with van der Waals surface area (Å²) in [6, 6.07) is 9.65. The first kappa shape index (κ1) is 30.6. The minimum Gasteiger partial charge on any atom is -0.480 e. The number of rotatable bonds is 9. The van der Waals surface area contributed by atoms with E-state index in [1.165, 1.54) is 31.4 Å². The summed E-state index contributed by atoms with van der Waals surface area (Å²) in [5.74, 6) is 0.467. The molecule has 0 bridgehead atoms. The number of hydrogen-bond donors (Lipinski definition) is 2. The minimum atomic E-state index is -4.03. The number of ether oxygens (including phenoxy) is 1. The number of nitrogens with one attached hydrogen (secondary N) is 2. The number of nitrogens with zero attached hydrogens (tertiary/aromatic N) is 6. The van der Waals surface area contributed by atoms with Crippen molar-refractivity contribution in [2.75, 3.05) is 31.2 Å². The fourth-order valence-corrected chi connectivity index (χ4v) is 6.85. The van der Waals surface area contributed by atoms with Gasteiger partial charge in [0.25, 0.3) is 15.6 Å². The highest BCUT2D eigenvalue weighted by Gasteiger charge is 2.25. The van der Waals surface area contributed by atoms with Gasteiger partial charge in [0.2, 0.25) is 11.8 Å². The molecule has 1 aliphatic rings. The van der Waals surface area contributed by atoms with E-state index in [0.29, 0.717) is 28.7 Å². The summed E-state index contributed by atoms with van der Waals surface area (Å²) in [6.07, 6.45) is 5.81. The highest BCUT2D eigenvalue weighted by Crippen LogP contribution is 2.30. The summed E-state index contributed by atoms with van der Waals surface area (Å²) < 4.78 is 35.3. The second-order valence-electron chi connectivity index (χ2n) is 11.0. The van der Waals surface area contributed by atoms with Crippen molar-refractivity contribution in [3.63, 3.8) is 0 Å². The van der Waals surface area contributed by atoms with Crippen LogP contribution in [-0.4, -0.2) is 71.1 Å². The molecule has 0 atom stereocenters. The van der Waals surface area contributed by atoms with Gasteiger partial charge < -0.3 is 15.0 Å². The number of pyridine rings is 1. The largest absolute Gasteiger partial charge is 0.480 e. The molecule has 0 spiro atoms. The molecular weight excluding hydrogens is 592 g/mol. The topological polar surface area (TPSA) is 144 Å². The zero-order valence-electron chi connectivity index (χ0n) is 24.7. The fourth-order valence-electron chi connectivity index (χ4n) is 5.33. The lowest BCUT2D eigenvalue weighted by atomic mass is 9.91. The SMILES string of the molecule is COc1nc(NS(=O)(=O)c2ccccc2Cl)ccc1-c1nc2cnc(NC3CCC(N(C)C)CC3)nc2n(C(C)C)c1=O. The maximum absolute atomic E-state index is 13.8. The Hall–Kier alpha value is -3.81. The number of benzene rings is 1. The third kappa shape index (κ3) is 6.43. The van der Waals surface area contributed by atoms with E-state index in [2.05, 4.69) is 44.0 Å². The van der Waals surface area contributed by atoms with Crippen molar-refractivity contribution in [3.05, 3.63) is 58.0 Å². The summed E-state index contributed by atoms with van der Waals surface area (Å²) in [4.78, 5) is 34.1. The first-order chi connectivity index (χ1) is 20.5. The summed E-state index contributed by atoms with van der Waals surface area (Å²) >= 11 is 6.09. The molecular formula is C29H35ClN8O4S. The van der Waals surface area contributed by atoms with Gasteiger partial charge in [0, 0.05) is 18.1 Å². The van der Waals surface area contributed by atoms with Gasteiger partial charge in [0.15, 0.2) is 5.65 Å². The molecule has 43 heavy (non-hydrogen) atoms. The van der Waals surface area contributed by atoms with Crippen molar-refractivity contribution in [3.8, 4) is 17.1 Å². The Labute approximate surface area is 255 Å². The van der Waals surface area contributed by atoms with Crippen molar-refractivity contribution >= 4 is 44.6 Å². The van der Waals surface area contributed by atoms with Gasteiger partial charge in [-0.1, -0.05) is 23.7 Å². The molecule has 228 valence electrons. The van der Waals surface area contributed by atoms with E-state index < -0.39 is 10.0 Å². The third-order valence-electron chi connectivity index (χ3n) is 7.58. The Morgan fingerprint density at radius 2 is 1.77 bits per heavy atom. The molecule has 5 rings (SSSR count). The molecule has 2 N–H and O–H groups in total. The Kier molecular flexibility index (Phi) is 8.86. The Bertz CT molecular complexity index is 1800. The van der Waals surface area contributed by atoms with Crippen LogP contribution in [0.25, 0.3) is 22.4 Å². The lowest BCUT2D eigenvalue weighted by molar-refractivity contribution is 0.221. The molecule has 3 heterocycles. The number of fused-ring (bicyclic) bond motifs is 1. The first-order valence-electron chi connectivity index (χ1n) is 14.0. The van der Waals surface area contributed by atoms with Crippen molar-refractivity contribution in [2.24, 2.45) is 0 Å². The summed E-state index contributed by atoms with van der Waals surface area (Å²) in [5.41, 5.74) is 0.833. The maximum Gasteiger partial charge on any atom is 0.279 e. The van der Waals surface area contributed by atoms with Crippen LogP contribution in [0.2, 0.25) is 5.02 Å². The summed E-state index contributed by atoms with van der Waals surface area (Å²) in [5, 5.41) is 3.52. The Morgan fingerprint density at radius 3 is 2.42 bits per heavy atom. The zero-order chi connectivity index (χ0) is 30.9. The molecule has 1 fully saturated rings. The van der Waals surface area contributed by atoms with Crippen LogP contribution in [0.15, 0.2) is 52.3 Å². The normalized spacial score (nSPS) is 17.4. The summed E-state index contributed by atoms with van der Waals surface area (Å²) in [6.45, 7) is 3.79. The molecule has 0 saturated heterocycles. The Morgan fingerprint density at radius 1 is 1.05 bits per heavy atom. The molecule has 14 heteroatoms. The smallest absolute Gasteiger partial charge is 0.279 e. The zero-order valence-corrected chi connectivity index (χ0v) is 26.3. The summed E-state index contributed by atoms with van der Waals surface area (Å²) in [7, 11) is 1.58. The van der Waals surface area contributed by atoms with Crippen LogP contribution < -0.4 is 20.3 Å². The second-order valence-corrected chi connectivity index (χ2v) is 13.1. The molecule has 4 aromatic rings. The number of methoxy groups -OCH3 is 1. The van der Waals surface area contributed by atoms with Crippen molar-refractivity contribution in [1.29, 1.82) is 0 Å². The molecule has 1 saturated carbocycles. The quantitative estimate of drug-likeness (QED) is 0.271. The number of sulfonamides is 1. The standard InChI is InChI=1S/C29H35ClN8O4S/c1-17(2)38-26-22(16-31-29(35-26)32-18-10-12-19(13-11-18)37(3)4)33-25(28(38)39)20-14-15-24(34-27(20)42-5)36-43(40,41)23-9-7-6-8-21(23)30/h6-9,14-19H,10-13H2,1-5H3,(H,34,36)(H,31,32,35). The van der Waals surface area contributed by atoms with Crippen LogP contribution in [0.1, 0.15) is 45.6 Å². The molecule has 12 nitrogen and oxygen atoms in total. The van der Waals surface area contributed by atoms with Gasteiger partial charge in [-0.25, -0.2) is 18.4 Å². The third-order valence-corrected chi connectivity index (χ3v) is 9.44. The highest BCUT2D eigenvalue weighted by atomic mass is 35.5. The van der Waals surface area contributed by atoms with Gasteiger partial charge in [0.1, 0.15) is 21.9 Å². The van der Waals surface area contributed by atoms with Gasteiger partial charge in [-0.15, -0.1) is 0 Å². The van der Waals surface area contributed by atoms with E-state index in [4.69, 9.17) is 21.3 Å². The van der Waals surface area contributed by atoms with Gasteiger partial charge >= 0.3 is 0 Å². The molecule has 1 aliphatic carbocycles. The van der Waals surface area contributed by atoms with Gasteiger partial charge in [-0.05, 0) is 77.9 Å². The van der Waals surface area contributed by atoms with E-state index in [-0.39, 0.29) is 45.0 Å². The van der Waals surface area contributed by atoms with E-state index in [9.17, 15) is 13.2 Å². The average molecular weight is 627 g/mol. The van der Waals surface area contributed by atoms with Crippen LogP contribution in [0, 0.1) is 0 Å². The van der Waals surface area contributed by atoms with Gasteiger partial charge in [-0.2, -0.15) is 9.97 Å². The number of hydrogen-bond acceptors (Lipinski definition) is 10. The predicted octanol–water partition coefficient (Wildman–Crippen LogP) is 4.58. The monoisotopic (exact) mass is 626 g/mol. The van der Waals surface area contributed by atoms with Crippen LogP contribution in [-0.2, 0) is 10.0 Å². The first-order valence-corrected chi connectivity index (χ1v) is 15.9. The fraction of sp³-hybridized carbons (Fsp3) is 0.414. The average Bonchev–Trinajstić information content (AvgIpc) is 2.97. The molecule has 0 unspecified atom stereocenters. The van der Waals surface area contributed by atoms with Crippen LogP contribution in [0.5, 0.6) is 5.88 Å². The molecule has 1 aromatic carbocycles. The molecule has 3 aromatic heterocycles. The van der Waals surface area contributed by atoms with E-state index >= 15 is 0 Å². The van der Waals surface area contributed by atoms with Gasteiger partial charge in [-0.3, -0.25) is 14.1 Å². The minimum absolute atomic E-state index is 0.0100. The highest BCUT2D eigenvalue weighted by molar-refractivity contribution is 7.92. The van der Waals surface area contributed by atoms with Crippen molar-refractivity contribution in [1.82, 2.24) is 29.4 Å². The molecule has 0 radical (unpaired) electrons. The number of halogens is 1. The number of aromatic nitrogens is 5. The molecule has 0 aliphatic heterocycles. The molecule has 0 amide bonds. The van der Waals surface area contributed by atoms with E-state index in [1.807, 2.05) is 13.8 Å². The van der Waals surface area contributed by atoms with Crippen molar-refractivity contribution < 1.29 is 13.2 Å². The van der Waals surface area contributed by atoms with Crippen LogP contribution >= 0.6 is 11.6 Å². The lowest BCUT2D eigenvalue weighted by Gasteiger charge is -2.32. The maximum atomic E-state index is 13.8. The van der Waals surface area contributed by atoms with Crippen molar-refractivity contribution in [2.45, 2.75) is 62.6 Å². The predicted molar refractivity (Wildman–Crippen MR) is 167 cm³/mol. The van der Waals surface area contributed by atoms with Crippen LogP contribution in [0.3, 0.4) is 0 Å². The second kappa shape index (κ2) is 12.4. The van der Waals surface area contributed by atoms with E-state index in [0.717, 1.165) is 25.7 Å². The van der Waals surface area contributed by atoms with Crippen LogP contribution in [0.4, 0.5) is 11.8 Å². The van der Waals surface area contributed by atoms with Gasteiger partial charge in [0.05, 0.1) is 23.9 Å². The Balaban J connectivity index is 1.48.